The highest BCUT2D eigenvalue weighted by molar-refractivity contribution is 7.99. The van der Waals surface area contributed by atoms with Crippen LogP contribution in [-0.2, 0) is 11.3 Å². The molecule has 0 unspecified atom stereocenters. The molecule has 0 radical (unpaired) electrons. The lowest BCUT2D eigenvalue weighted by molar-refractivity contribution is -0.117. The maximum Gasteiger partial charge on any atom is 0.321 e. The minimum absolute atomic E-state index is 0.0463. The highest BCUT2D eigenvalue weighted by Gasteiger charge is 2.17. The van der Waals surface area contributed by atoms with E-state index in [1.54, 1.807) is 6.26 Å². The quantitative estimate of drug-likeness (QED) is 0.565. The summed E-state index contributed by atoms with van der Waals surface area (Å²) in [5.41, 5.74) is 0.914. The Morgan fingerprint density at radius 3 is 2.68 bits per heavy atom. The minimum Gasteiger partial charge on any atom is -0.467 e. The zero-order valence-electron chi connectivity index (χ0n) is 15.4. The SMILES string of the molecule is CCCNC(=O)NC(=O)CSc1nnc(-c2ccccc2)n1Cc1ccco1. The van der Waals surface area contributed by atoms with E-state index in [2.05, 4.69) is 20.8 Å². The van der Waals surface area contributed by atoms with Gasteiger partial charge in [-0.05, 0) is 18.6 Å². The number of nitrogens with zero attached hydrogens (tertiary/aromatic N) is 3. The molecule has 28 heavy (non-hydrogen) atoms. The van der Waals surface area contributed by atoms with E-state index in [-0.39, 0.29) is 5.75 Å². The first-order chi connectivity index (χ1) is 13.7. The average molecular weight is 399 g/mol. The lowest BCUT2D eigenvalue weighted by Gasteiger charge is -2.09. The van der Waals surface area contributed by atoms with Gasteiger partial charge in [-0.15, -0.1) is 10.2 Å². The largest absolute Gasteiger partial charge is 0.467 e. The van der Waals surface area contributed by atoms with Crippen molar-refractivity contribution in [1.82, 2.24) is 25.4 Å². The van der Waals surface area contributed by atoms with Gasteiger partial charge in [-0.2, -0.15) is 0 Å². The van der Waals surface area contributed by atoms with Crippen LogP contribution in [0.15, 0.2) is 58.3 Å². The van der Waals surface area contributed by atoms with Gasteiger partial charge < -0.3 is 9.73 Å². The average Bonchev–Trinajstić information content (AvgIpc) is 3.36. The molecule has 8 nitrogen and oxygen atoms in total. The smallest absolute Gasteiger partial charge is 0.321 e. The molecule has 2 heterocycles. The zero-order valence-corrected chi connectivity index (χ0v) is 16.2. The Morgan fingerprint density at radius 2 is 1.96 bits per heavy atom. The molecule has 0 spiro atoms. The van der Waals surface area contributed by atoms with Crippen LogP contribution in [0, 0.1) is 0 Å². The number of furan rings is 1. The van der Waals surface area contributed by atoms with Crippen LogP contribution < -0.4 is 10.6 Å². The number of benzene rings is 1. The number of urea groups is 1. The summed E-state index contributed by atoms with van der Waals surface area (Å²) in [6, 6.07) is 12.9. The maximum absolute atomic E-state index is 12.0. The minimum atomic E-state index is -0.491. The van der Waals surface area contributed by atoms with Gasteiger partial charge in [0.15, 0.2) is 11.0 Å². The predicted molar refractivity (Wildman–Crippen MR) is 106 cm³/mol. The Kier molecular flexibility index (Phi) is 6.85. The van der Waals surface area contributed by atoms with Crippen LogP contribution in [0.3, 0.4) is 0 Å². The van der Waals surface area contributed by atoms with Crippen LogP contribution in [0.25, 0.3) is 11.4 Å². The molecule has 0 atom stereocenters. The molecular formula is C19H21N5O3S. The van der Waals surface area contributed by atoms with Gasteiger partial charge in [-0.3, -0.25) is 14.7 Å². The summed E-state index contributed by atoms with van der Waals surface area (Å²) in [5, 5.41) is 14.0. The van der Waals surface area contributed by atoms with Crippen molar-refractivity contribution in [2.75, 3.05) is 12.3 Å². The molecule has 1 aromatic carbocycles. The number of amides is 3. The number of rotatable bonds is 8. The van der Waals surface area contributed by atoms with E-state index in [4.69, 9.17) is 4.42 Å². The number of nitrogens with one attached hydrogen (secondary N) is 2. The van der Waals surface area contributed by atoms with Crippen LogP contribution >= 0.6 is 11.8 Å². The molecule has 2 N–H and O–H groups in total. The fraction of sp³-hybridized carbons (Fsp3) is 0.263. The van der Waals surface area contributed by atoms with Gasteiger partial charge >= 0.3 is 6.03 Å². The van der Waals surface area contributed by atoms with Crippen molar-refractivity contribution < 1.29 is 14.0 Å². The molecule has 3 amide bonds. The second-order valence-corrected chi connectivity index (χ2v) is 6.87. The van der Waals surface area contributed by atoms with Crippen molar-refractivity contribution in [2.24, 2.45) is 0 Å². The molecule has 0 saturated heterocycles. The lowest BCUT2D eigenvalue weighted by atomic mass is 10.2. The van der Waals surface area contributed by atoms with Crippen molar-refractivity contribution in [1.29, 1.82) is 0 Å². The molecule has 0 bridgehead atoms. The first-order valence-corrected chi connectivity index (χ1v) is 9.87. The van der Waals surface area contributed by atoms with Crippen molar-refractivity contribution in [3.8, 4) is 11.4 Å². The molecule has 0 aliphatic carbocycles. The van der Waals surface area contributed by atoms with E-state index in [0.29, 0.717) is 24.1 Å². The van der Waals surface area contributed by atoms with Gasteiger partial charge in [0.2, 0.25) is 5.91 Å². The molecule has 3 aromatic rings. The van der Waals surface area contributed by atoms with Crippen molar-refractivity contribution >= 4 is 23.7 Å². The van der Waals surface area contributed by atoms with Gasteiger partial charge in [0.1, 0.15) is 5.76 Å². The molecule has 9 heteroatoms. The van der Waals surface area contributed by atoms with Crippen molar-refractivity contribution in [3.05, 3.63) is 54.5 Å². The molecule has 0 aliphatic heterocycles. The second kappa shape index (κ2) is 9.75. The standard InChI is InChI=1S/C19H21N5O3S/c1-2-10-20-18(26)21-16(25)13-28-19-23-22-17(14-7-4-3-5-8-14)24(19)12-15-9-6-11-27-15/h3-9,11H,2,10,12-13H2,1H3,(H2,20,21,25,26). The number of imide groups is 1. The first kappa shape index (κ1) is 19.7. The summed E-state index contributed by atoms with van der Waals surface area (Å²) < 4.78 is 7.34. The van der Waals surface area contributed by atoms with Crippen molar-refractivity contribution in [3.63, 3.8) is 0 Å². The Labute approximate surface area is 166 Å². The summed E-state index contributed by atoms with van der Waals surface area (Å²) in [6.07, 6.45) is 2.41. The highest BCUT2D eigenvalue weighted by atomic mass is 32.2. The summed E-state index contributed by atoms with van der Waals surface area (Å²) >= 11 is 1.21. The molecule has 0 saturated carbocycles. The number of carbonyl (C=O) groups excluding carboxylic acids is 2. The fourth-order valence-electron chi connectivity index (χ4n) is 2.47. The van der Waals surface area contributed by atoms with E-state index in [1.807, 2.05) is 54.0 Å². The molecule has 3 rings (SSSR count). The number of aromatic nitrogens is 3. The van der Waals surface area contributed by atoms with E-state index in [0.717, 1.165) is 17.7 Å². The highest BCUT2D eigenvalue weighted by Crippen LogP contribution is 2.25. The molecule has 146 valence electrons. The fourth-order valence-corrected chi connectivity index (χ4v) is 3.21. The molecule has 0 fully saturated rings. The summed E-state index contributed by atoms with van der Waals surface area (Å²) in [4.78, 5) is 23.6. The van der Waals surface area contributed by atoms with E-state index >= 15 is 0 Å². The van der Waals surface area contributed by atoms with Gasteiger partial charge in [0, 0.05) is 12.1 Å². The van der Waals surface area contributed by atoms with E-state index in [1.165, 1.54) is 11.8 Å². The van der Waals surface area contributed by atoms with Crippen LogP contribution in [0.5, 0.6) is 0 Å². The Morgan fingerprint density at radius 1 is 1.14 bits per heavy atom. The third-order valence-electron chi connectivity index (χ3n) is 3.76. The van der Waals surface area contributed by atoms with Crippen LogP contribution in [0.2, 0.25) is 0 Å². The first-order valence-electron chi connectivity index (χ1n) is 8.89. The van der Waals surface area contributed by atoms with Crippen LogP contribution in [0.4, 0.5) is 4.79 Å². The van der Waals surface area contributed by atoms with Gasteiger partial charge in [0.05, 0.1) is 18.6 Å². The summed E-state index contributed by atoms with van der Waals surface area (Å²) in [6.45, 7) is 2.89. The third-order valence-corrected chi connectivity index (χ3v) is 4.73. The number of thioether (sulfide) groups is 1. The maximum atomic E-state index is 12.0. The van der Waals surface area contributed by atoms with E-state index in [9.17, 15) is 9.59 Å². The molecular weight excluding hydrogens is 378 g/mol. The van der Waals surface area contributed by atoms with Gasteiger partial charge in [0.25, 0.3) is 0 Å². The molecule has 2 aromatic heterocycles. The van der Waals surface area contributed by atoms with Crippen molar-refractivity contribution in [2.45, 2.75) is 25.0 Å². The number of carbonyl (C=O) groups is 2. The number of hydrogen-bond donors (Lipinski definition) is 2. The third kappa shape index (κ3) is 5.23. The zero-order chi connectivity index (χ0) is 19.8. The lowest BCUT2D eigenvalue weighted by Crippen LogP contribution is -2.40. The van der Waals surface area contributed by atoms with E-state index < -0.39 is 11.9 Å². The predicted octanol–water partition coefficient (Wildman–Crippen LogP) is 2.91. The summed E-state index contributed by atoms with van der Waals surface area (Å²) in [5.74, 6) is 1.08. The Hall–Kier alpha value is -3.07. The van der Waals surface area contributed by atoms with Gasteiger partial charge in [-0.25, -0.2) is 4.79 Å². The van der Waals surface area contributed by atoms with Gasteiger partial charge in [-0.1, -0.05) is 49.0 Å². The Balaban J connectivity index is 1.72. The van der Waals surface area contributed by atoms with Crippen LogP contribution in [-0.4, -0.2) is 39.0 Å². The Bertz CT molecular complexity index is 909. The second-order valence-electron chi connectivity index (χ2n) is 5.93. The monoisotopic (exact) mass is 399 g/mol. The van der Waals surface area contributed by atoms with Crippen LogP contribution in [0.1, 0.15) is 19.1 Å². The number of hydrogen-bond acceptors (Lipinski definition) is 6. The topological polar surface area (TPSA) is 102 Å². The molecule has 0 aliphatic rings. The summed E-state index contributed by atoms with van der Waals surface area (Å²) in [7, 11) is 0. The normalized spacial score (nSPS) is 10.6.